The fraction of sp³-hybridized carbons (Fsp3) is 0.0714. The van der Waals surface area contributed by atoms with Crippen LogP contribution in [0.2, 0.25) is 0 Å². The highest BCUT2D eigenvalue weighted by Gasteiger charge is 2.25. The van der Waals surface area contributed by atoms with Gasteiger partial charge in [0.2, 0.25) is 5.82 Å². The van der Waals surface area contributed by atoms with Crippen molar-refractivity contribution in [3.8, 4) is 5.69 Å². The summed E-state index contributed by atoms with van der Waals surface area (Å²) >= 11 is 0. The number of para-hydroxylation sites is 2. The van der Waals surface area contributed by atoms with Gasteiger partial charge in [-0.2, -0.15) is 4.39 Å². The summed E-state index contributed by atoms with van der Waals surface area (Å²) in [4.78, 5) is 14.5. The van der Waals surface area contributed by atoms with E-state index in [0.29, 0.717) is 22.9 Å². The van der Waals surface area contributed by atoms with Crippen LogP contribution in [0.4, 0.5) is 14.5 Å². The second kappa shape index (κ2) is 4.62. The number of aryl methyl sites for hydroxylation is 1. The van der Waals surface area contributed by atoms with E-state index in [-0.39, 0.29) is 5.69 Å². The lowest BCUT2D eigenvalue weighted by molar-refractivity contribution is -0.387. The largest absolute Gasteiger partial charge is 0.328 e. The predicted octanol–water partition coefficient (Wildman–Crippen LogP) is 3.52. The lowest BCUT2D eigenvalue weighted by Gasteiger charge is -2.08. The number of nitro groups is 1. The molecule has 0 bridgehead atoms. The van der Waals surface area contributed by atoms with Crippen molar-refractivity contribution >= 4 is 16.7 Å². The smallest absolute Gasteiger partial charge is 0.290 e. The quantitative estimate of drug-likeness (QED) is 0.535. The van der Waals surface area contributed by atoms with Crippen molar-refractivity contribution in [2.24, 2.45) is 0 Å². The van der Waals surface area contributed by atoms with Crippen LogP contribution in [0.15, 0.2) is 36.4 Å². The maximum atomic E-state index is 13.8. The Hall–Kier alpha value is -2.83. The van der Waals surface area contributed by atoms with E-state index in [0.717, 1.165) is 6.07 Å². The van der Waals surface area contributed by atoms with E-state index in [2.05, 4.69) is 4.98 Å². The first kappa shape index (κ1) is 13.2. The Kier molecular flexibility index (Phi) is 2.90. The van der Waals surface area contributed by atoms with Gasteiger partial charge in [-0.3, -0.25) is 14.7 Å². The van der Waals surface area contributed by atoms with Crippen molar-refractivity contribution < 1.29 is 13.7 Å². The van der Waals surface area contributed by atoms with Gasteiger partial charge in [-0.25, -0.2) is 9.37 Å². The molecule has 0 radical (unpaired) electrons. The van der Waals surface area contributed by atoms with Gasteiger partial charge in [0.15, 0.2) is 0 Å². The number of imidazole rings is 1. The molecule has 5 nitrogen and oxygen atoms in total. The maximum Gasteiger partial charge on any atom is 0.328 e. The lowest BCUT2D eigenvalue weighted by Crippen LogP contribution is -2.05. The van der Waals surface area contributed by atoms with Gasteiger partial charge >= 0.3 is 5.69 Å². The fourth-order valence-electron chi connectivity index (χ4n) is 2.35. The first-order valence-electron chi connectivity index (χ1n) is 6.07. The molecule has 0 fully saturated rings. The molecular formula is C14H9F2N3O2. The molecule has 1 aromatic heterocycles. The standard InChI is InChI=1S/C14H9F2N3O2/c1-8-17-11-4-2-3-5-12(11)18(8)13-7-9(15)6-10(16)14(13)19(20)21/h2-7H,1H3. The lowest BCUT2D eigenvalue weighted by atomic mass is 10.2. The molecule has 0 saturated carbocycles. The minimum Gasteiger partial charge on any atom is -0.290 e. The Bertz CT molecular complexity index is 874. The number of hydrogen-bond acceptors (Lipinski definition) is 3. The first-order chi connectivity index (χ1) is 9.99. The Morgan fingerprint density at radius 2 is 1.95 bits per heavy atom. The first-order valence-corrected chi connectivity index (χ1v) is 6.07. The average Bonchev–Trinajstić information content (AvgIpc) is 2.72. The zero-order valence-corrected chi connectivity index (χ0v) is 10.9. The Balaban J connectivity index is 2.43. The summed E-state index contributed by atoms with van der Waals surface area (Å²) in [6.45, 7) is 1.62. The second-order valence-electron chi connectivity index (χ2n) is 4.50. The van der Waals surface area contributed by atoms with Gasteiger partial charge in [-0.05, 0) is 19.1 Å². The fourth-order valence-corrected chi connectivity index (χ4v) is 2.35. The predicted molar refractivity (Wildman–Crippen MR) is 72.4 cm³/mol. The summed E-state index contributed by atoms with van der Waals surface area (Å²) in [6.07, 6.45) is 0. The highest BCUT2D eigenvalue weighted by atomic mass is 19.1. The topological polar surface area (TPSA) is 61.0 Å². The SMILES string of the molecule is Cc1nc2ccccc2n1-c1cc(F)cc(F)c1[N+](=O)[O-]. The zero-order valence-electron chi connectivity index (χ0n) is 10.9. The molecule has 0 aliphatic heterocycles. The van der Waals surface area contributed by atoms with Crippen LogP contribution in [0.3, 0.4) is 0 Å². The van der Waals surface area contributed by atoms with Crippen molar-refractivity contribution in [1.29, 1.82) is 0 Å². The van der Waals surface area contributed by atoms with Crippen LogP contribution in [-0.2, 0) is 0 Å². The number of benzene rings is 2. The number of rotatable bonds is 2. The number of halogens is 2. The van der Waals surface area contributed by atoms with Crippen molar-refractivity contribution in [1.82, 2.24) is 9.55 Å². The molecule has 1 heterocycles. The number of hydrogen-bond donors (Lipinski definition) is 0. The third kappa shape index (κ3) is 2.03. The molecule has 0 amide bonds. The maximum absolute atomic E-state index is 13.8. The van der Waals surface area contributed by atoms with Gasteiger partial charge in [0.05, 0.1) is 16.0 Å². The summed E-state index contributed by atoms with van der Waals surface area (Å²) in [6, 6.07) is 8.32. The Morgan fingerprint density at radius 3 is 2.67 bits per heavy atom. The Labute approximate surface area is 117 Å². The van der Waals surface area contributed by atoms with Gasteiger partial charge in [0.25, 0.3) is 0 Å². The number of nitrogens with zero attached hydrogens (tertiary/aromatic N) is 3. The van der Waals surface area contributed by atoms with Crippen molar-refractivity contribution in [3.05, 3.63) is 64.0 Å². The van der Waals surface area contributed by atoms with Gasteiger partial charge in [-0.15, -0.1) is 0 Å². The van der Waals surface area contributed by atoms with Crippen LogP contribution in [0, 0.1) is 28.7 Å². The van der Waals surface area contributed by atoms with Crippen LogP contribution in [0.5, 0.6) is 0 Å². The summed E-state index contributed by atoms with van der Waals surface area (Å²) in [5, 5.41) is 11.1. The molecule has 3 aromatic rings. The van der Waals surface area contributed by atoms with Crippen LogP contribution in [0.1, 0.15) is 5.82 Å². The van der Waals surface area contributed by atoms with E-state index in [4.69, 9.17) is 0 Å². The molecule has 21 heavy (non-hydrogen) atoms. The summed E-state index contributed by atoms with van der Waals surface area (Å²) in [7, 11) is 0. The molecule has 0 unspecified atom stereocenters. The third-order valence-corrected chi connectivity index (χ3v) is 3.16. The summed E-state index contributed by atoms with van der Waals surface area (Å²) in [5.41, 5.74) is 0.184. The van der Waals surface area contributed by atoms with E-state index in [1.54, 1.807) is 31.2 Å². The molecule has 3 rings (SSSR count). The van der Waals surface area contributed by atoms with Crippen molar-refractivity contribution in [2.75, 3.05) is 0 Å². The summed E-state index contributed by atoms with van der Waals surface area (Å²) in [5.74, 6) is -1.69. The monoisotopic (exact) mass is 289 g/mol. The van der Waals surface area contributed by atoms with Crippen LogP contribution >= 0.6 is 0 Å². The van der Waals surface area contributed by atoms with E-state index in [1.807, 2.05) is 0 Å². The van der Waals surface area contributed by atoms with E-state index < -0.39 is 22.2 Å². The minimum atomic E-state index is -1.22. The molecule has 7 heteroatoms. The van der Waals surface area contributed by atoms with Crippen molar-refractivity contribution in [3.63, 3.8) is 0 Å². The zero-order chi connectivity index (χ0) is 15.1. The third-order valence-electron chi connectivity index (χ3n) is 3.16. The van der Waals surface area contributed by atoms with Crippen molar-refractivity contribution in [2.45, 2.75) is 6.92 Å². The van der Waals surface area contributed by atoms with Crippen LogP contribution in [-0.4, -0.2) is 14.5 Å². The van der Waals surface area contributed by atoms with Gasteiger partial charge < -0.3 is 0 Å². The highest BCUT2D eigenvalue weighted by molar-refractivity contribution is 5.79. The average molecular weight is 289 g/mol. The van der Waals surface area contributed by atoms with Crippen LogP contribution in [0.25, 0.3) is 16.7 Å². The van der Waals surface area contributed by atoms with Gasteiger partial charge in [0, 0.05) is 12.1 Å². The minimum absolute atomic E-state index is 0.177. The summed E-state index contributed by atoms with van der Waals surface area (Å²) < 4.78 is 28.6. The molecule has 0 atom stereocenters. The molecule has 2 aromatic carbocycles. The molecule has 0 aliphatic rings. The van der Waals surface area contributed by atoms with Gasteiger partial charge in [-0.1, -0.05) is 12.1 Å². The van der Waals surface area contributed by atoms with Crippen LogP contribution < -0.4 is 0 Å². The molecule has 0 spiro atoms. The van der Waals surface area contributed by atoms with E-state index in [9.17, 15) is 18.9 Å². The van der Waals surface area contributed by atoms with Gasteiger partial charge in [0.1, 0.15) is 17.3 Å². The molecule has 0 saturated heterocycles. The number of aromatic nitrogens is 2. The molecule has 0 N–H and O–H groups in total. The molecular weight excluding hydrogens is 280 g/mol. The number of fused-ring (bicyclic) bond motifs is 1. The number of nitro benzene ring substituents is 1. The Morgan fingerprint density at radius 1 is 1.24 bits per heavy atom. The second-order valence-corrected chi connectivity index (χ2v) is 4.50. The molecule has 106 valence electrons. The highest BCUT2D eigenvalue weighted by Crippen LogP contribution is 2.31. The molecule has 0 aliphatic carbocycles. The van der Waals surface area contributed by atoms with E-state index >= 15 is 0 Å². The normalized spacial score (nSPS) is 11.0. The van der Waals surface area contributed by atoms with E-state index in [1.165, 1.54) is 4.57 Å².